The van der Waals surface area contributed by atoms with Crippen LogP contribution in [0.3, 0.4) is 0 Å². The van der Waals surface area contributed by atoms with Gasteiger partial charge in [0.25, 0.3) is 0 Å². The van der Waals surface area contributed by atoms with Crippen LogP contribution in [0.2, 0.25) is 0 Å². The van der Waals surface area contributed by atoms with Crippen LogP contribution < -0.4 is 10.9 Å². The summed E-state index contributed by atoms with van der Waals surface area (Å²) >= 11 is 0. The number of benzene rings is 2. The summed E-state index contributed by atoms with van der Waals surface area (Å²) in [6.45, 7) is 3.37. The van der Waals surface area contributed by atoms with Gasteiger partial charge in [0, 0.05) is 0 Å². The summed E-state index contributed by atoms with van der Waals surface area (Å²) in [5.74, 6) is -1.90. The Morgan fingerprint density at radius 1 is 1.14 bits per heavy atom. The molecule has 1 heterocycles. The van der Waals surface area contributed by atoms with Crippen LogP contribution in [0.4, 0.5) is 0 Å². The zero-order chi connectivity index (χ0) is 20.4. The van der Waals surface area contributed by atoms with Gasteiger partial charge in [0.1, 0.15) is 11.3 Å². The first-order chi connectivity index (χ1) is 13.3. The van der Waals surface area contributed by atoms with Gasteiger partial charge in [-0.25, -0.2) is 9.59 Å². The minimum absolute atomic E-state index is 0.0504. The third kappa shape index (κ3) is 3.73. The molecule has 0 fully saturated rings. The molecule has 1 unspecified atom stereocenters. The smallest absolute Gasteiger partial charge is 0.340 e. The zero-order valence-corrected chi connectivity index (χ0v) is 15.4. The number of phenols is 1. The van der Waals surface area contributed by atoms with Gasteiger partial charge in [-0.05, 0) is 42.7 Å². The molecule has 0 saturated heterocycles. The van der Waals surface area contributed by atoms with Crippen LogP contribution >= 0.6 is 0 Å². The average Bonchev–Trinajstić information content (AvgIpc) is 2.62. The molecule has 0 aliphatic carbocycles. The number of amides is 1. The minimum Gasteiger partial charge on any atom is -0.507 e. The van der Waals surface area contributed by atoms with Gasteiger partial charge in [0.15, 0.2) is 6.04 Å². The number of carboxylic acid groups (broad SMARTS) is 1. The second kappa shape index (κ2) is 7.56. The highest BCUT2D eigenvalue weighted by atomic mass is 16.4. The number of hydrogen-bond donors (Lipinski definition) is 3. The molecule has 3 rings (SSSR count). The molecular weight excluding hydrogens is 362 g/mol. The van der Waals surface area contributed by atoms with Gasteiger partial charge < -0.3 is 19.9 Å². The van der Waals surface area contributed by atoms with Crippen LogP contribution in [0.15, 0.2) is 51.7 Å². The first kappa shape index (κ1) is 19.2. The Morgan fingerprint density at radius 3 is 2.46 bits per heavy atom. The van der Waals surface area contributed by atoms with Gasteiger partial charge >= 0.3 is 11.6 Å². The maximum absolute atomic E-state index is 12.5. The van der Waals surface area contributed by atoms with Gasteiger partial charge in [-0.2, -0.15) is 0 Å². The molecule has 28 heavy (non-hydrogen) atoms. The van der Waals surface area contributed by atoms with Gasteiger partial charge in [-0.1, -0.05) is 30.3 Å². The van der Waals surface area contributed by atoms with Crippen molar-refractivity contribution in [2.24, 2.45) is 0 Å². The molecule has 0 aliphatic rings. The Kier molecular flexibility index (Phi) is 5.17. The predicted octanol–water partition coefficient (Wildman–Crippen LogP) is 2.60. The van der Waals surface area contributed by atoms with Crippen molar-refractivity contribution in [3.05, 3.63) is 75.1 Å². The lowest BCUT2D eigenvalue weighted by atomic mass is 10.0. The molecule has 7 nitrogen and oxygen atoms in total. The van der Waals surface area contributed by atoms with Gasteiger partial charge in [0.05, 0.1) is 17.4 Å². The third-order valence-electron chi connectivity index (χ3n) is 4.52. The molecule has 7 heteroatoms. The lowest BCUT2D eigenvalue weighted by Gasteiger charge is -2.15. The first-order valence-corrected chi connectivity index (χ1v) is 8.61. The Balaban J connectivity index is 1.93. The highest BCUT2D eigenvalue weighted by Gasteiger charge is 2.24. The van der Waals surface area contributed by atoms with E-state index in [0.717, 1.165) is 5.56 Å². The van der Waals surface area contributed by atoms with Crippen LogP contribution in [0.5, 0.6) is 5.75 Å². The minimum atomic E-state index is -1.24. The highest BCUT2D eigenvalue weighted by molar-refractivity contribution is 5.90. The van der Waals surface area contributed by atoms with Crippen molar-refractivity contribution >= 4 is 22.8 Å². The largest absolute Gasteiger partial charge is 0.507 e. The Bertz CT molecular complexity index is 1120. The van der Waals surface area contributed by atoms with Gasteiger partial charge in [-0.3, -0.25) is 4.79 Å². The molecule has 0 radical (unpaired) electrons. The number of phenolic OH excluding ortho intramolecular Hbond substituents is 1. The second-order valence-electron chi connectivity index (χ2n) is 6.58. The van der Waals surface area contributed by atoms with E-state index in [4.69, 9.17) is 4.42 Å². The van der Waals surface area contributed by atoms with Crippen LogP contribution in [0.25, 0.3) is 11.0 Å². The number of carbonyl (C=O) groups excluding carboxylic acids is 1. The molecule has 0 spiro atoms. The zero-order valence-electron chi connectivity index (χ0n) is 15.4. The first-order valence-electron chi connectivity index (χ1n) is 8.61. The molecule has 3 aromatic rings. The number of aromatic hydroxyl groups is 1. The molecule has 144 valence electrons. The van der Waals surface area contributed by atoms with E-state index in [1.807, 2.05) is 0 Å². The van der Waals surface area contributed by atoms with E-state index >= 15 is 0 Å². The van der Waals surface area contributed by atoms with Crippen molar-refractivity contribution in [3.8, 4) is 5.75 Å². The molecule has 2 aromatic carbocycles. The normalized spacial score (nSPS) is 11.9. The van der Waals surface area contributed by atoms with Crippen LogP contribution in [0.1, 0.15) is 28.3 Å². The third-order valence-corrected chi connectivity index (χ3v) is 4.52. The molecule has 0 bridgehead atoms. The fourth-order valence-corrected chi connectivity index (χ4v) is 3.17. The lowest BCUT2D eigenvalue weighted by molar-refractivity contribution is -0.142. The fraction of sp³-hybridized carbons (Fsp3) is 0.190. The lowest BCUT2D eigenvalue weighted by Crippen LogP contribution is -2.35. The topological polar surface area (TPSA) is 117 Å². The van der Waals surface area contributed by atoms with Crippen LogP contribution in [0, 0.1) is 13.8 Å². The molecule has 3 N–H and O–H groups in total. The number of nitrogens with one attached hydrogen (secondary N) is 1. The van der Waals surface area contributed by atoms with E-state index < -0.39 is 23.5 Å². The van der Waals surface area contributed by atoms with Gasteiger partial charge in [-0.15, -0.1) is 0 Å². The van der Waals surface area contributed by atoms with E-state index in [9.17, 15) is 24.6 Å². The predicted molar refractivity (Wildman–Crippen MR) is 102 cm³/mol. The monoisotopic (exact) mass is 381 g/mol. The number of carbonyl (C=O) groups is 2. The highest BCUT2D eigenvalue weighted by Crippen LogP contribution is 2.30. The number of hydrogen-bond acceptors (Lipinski definition) is 5. The fourth-order valence-electron chi connectivity index (χ4n) is 3.17. The summed E-state index contributed by atoms with van der Waals surface area (Å²) < 4.78 is 5.26. The van der Waals surface area contributed by atoms with Crippen molar-refractivity contribution in [3.63, 3.8) is 0 Å². The van der Waals surface area contributed by atoms with E-state index in [0.29, 0.717) is 16.5 Å². The van der Waals surface area contributed by atoms with Crippen molar-refractivity contribution in [2.75, 3.05) is 0 Å². The van der Waals surface area contributed by atoms with E-state index in [1.54, 1.807) is 50.2 Å². The van der Waals surface area contributed by atoms with Crippen molar-refractivity contribution in [2.45, 2.75) is 26.3 Å². The average molecular weight is 381 g/mol. The number of rotatable bonds is 5. The van der Waals surface area contributed by atoms with E-state index in [-0.39, 0.29) is 23.3 Å². The summed E-state index contributed by atoms with van der Waals surface area (Å²) in [5.41, 5.74) is 1.17. The molecule has 1 aromatic heterocycles. The molecule has 1 atom stereocenters. The second-order valence-corrected chi connectivity index (χ2v) is 6.58. The standard InChI is InChI=1S/C21H19NO6/c1-11-8-15(23)18-12(2)14(21(27)28-16(18)9-11)10-17(24)22-19(20(25)26)13-6-4-3-5-7-13/h3-9,19,23H,10H2,1-2H3,(H,22,24)(H,25,26). The van der Waals surface area contributed by atoms with Gasteiger partial charge in [0.2, 0.25) is 5.91 Å². The Labute approximate surface area is 160 Å². The number of aryl methyl sites for hydroxylation is 2. The summed E-state index contributed by atoms with van der Waals surface area (Å²) in [4.78, 5) is 36.4. The number of fused-ring (bicyclic) bond motifs is 1. The quantitative estimate of drug-likeness (QED) is 0.585. The van der Waals surface area contributed by atoms with E-state index in [2.05, 4.69) is 5.32 Å². The van der Waals surface area contributed by atoms with Crippen molar-refractivity contribution < 1.29 is 24.2 Å². The summed E-state index contributed by atoms with van der Waals surface area (Å²) in [5, 5.41) is 22.4. The number of aliphatic carboxylic acids is 1. The molecule has 0 aliphatic heterocycles. The molecular formula is C21H19NO6. The van der Waals surface area contributed by atoms with E-state index in [1.165, 1.54) is 6.07 Å². The number of carboxylic acids is 1. The van der Waals surface area contributed by atoms with Crippen LogP contribution in [-0.2, 0) is 16.0 Å². The van der Waals surface area contributed by atoms with Crippen LogP contribution in [-0.4, -0.2) is 22.1 Å². The molecule has 1 amide bonds. The van der Waals surface area contributed by atoms with Crippen molar-refractivity contribution in [1.82, 2.24) is 5.32 Å². The summed E-state index contributed by atoms with van der Waals surface area (Å²) in [6.07, 6.45) is -0.367. The Morgan fingerprint density at radius 2 is 1.82 bits per heavy atom. The maximum atomic E-state index is 12.5. The summed E-state index contributed by atoms with van der Waals surface area (Å²) in [6, 6.07) is 10.2. The SMILES string of the molecule is Cc1cc(O)c2c(C)c(CC(=O)NC(C(=O)O)c3ccccc3)c(=O)oc2c1. The maximum Gasteiger partial charge on any atom is 0.340 e. The van der Waals surface area contributed by atoms with Crippen molar-refractivity contribution in [1.29, 1.82) is 0 Å². The Hall–Kier alpha value is -3.61. The summed E-state index contributed by atoms with van der Waals surface area (Å²) in [7, 11) is 0. The molecule has 0 saturated carbocycles.